The maximum absolute atomic E-state index is 4.70. The van der Waals surface area contributed by atoms with Gasteiger partial charge in [0.1, 0.15) is 12.2 Å². The molecule has 0 atom stereocenters. The highest BCUT2D eigenvalue weighted by molar-refractivity contribution is 14.0. The van der Waals surface area contributed by atoms with Crippen LogP contribution in [-0.2, 0) is 13.6 Å². The molecule has 0 aliphatic heterocycles. The van der Waals surface area contributed by atoms with E-state index in [9.17, 15) is 0 Å². The number of hydrogen-bond donors (Lipinski definition) is 1. The molecule has 0 bridgehead atoms. The second-order valence-electron chi connectivity index (χ2n) is 5.48. The van der Waals surface area contributed by atoms with Crippen molar-refractivity contribution >= 4 is 29.9 Å². The molecular weight excluding hydrogens is 379 g/mol. The molecule has 120 valence electrons. The molecule has 1 N–H and O–H groups in total. The summed E-state index contributed by atoms with van der Waals surface area (Å²) in [4.78, 5) is 11.1. The fraction of sp³-hybridized carbons (Fsp3) is 0.786. The van der Waals surface area contributed by atoms with Crippen molar-refractivity contribution in [1.29, 1.82) is 0 Å². The number of nitrogens with zero attached hydrogens (tertiary/aromatic N) is 5. The topological polar surface area (TPSA) is 58.3 Å². The van der Waals surface area contributed by atoms with Crippen molar-refractivity contribution in [2.45, 2.75) is 39.2 Å². The van der Waals surface area contributed by atoms with E-state index in [0.29, 0.717) is 6.54 Å². The lowest BCUT2D eigenvalue weighted by Crippen LogP contribution is -2.39. The van der Waals surface area contributed by atoms with Crippen LogP contribution in [-0.4, -0.2) is 45.8 Å². The maximum Gasteiger partial charge on any atom is 0.194 e. The molecule has 21 heavy (non-hydrogen) atoms. The van der Waals surface area contributed by atoms with E-state index in [0.717, 1.165) is 30.8 Å². The highest BCUT2D eigenvalue weighted by Gasteiger charge is 2.20. The molecule has 1 saturated carbocycles. The Morgan fingerprint density at radius 2 is 2.29 bits per heavy atom. The molecule has 0 aromatic carbocycles. The average molecular weight is 406 g/mol. The van der Waals surface area contributed by atoms with Crippen LogP contribution in [0, 0.1) is 5.92 Å². The van der Waals surface area contributed by atoms with Gasteiger partial charge in [-0.2, -0.15) is 5.10 Å². The average Bonchev–Trinajstić information content (AvgIpc) is 3.17. The Morgan fingerprint density at radius 3 is 2.86 bits per heavy atom. The maximum atomic E-state index is 4.70. The zero-order valence-corrected chi connectivity index (χ0v) is 15.6. The monoisotopic (exact) mass is 406 g/mol. The van der Waals surface area contributed by atoms with Gasteiger partial charge in [-0.05, 0) is 25.7 Å². The summed E-state index contributed by atoms with van der Waals surface area (Å²) in [5.74, 6) is 2.88. The van der Waals surface area contributed by atoms with Gasteiger partial charge in [0.2, 0.25) is 0 Å². The van der Waals surface area contributed by atoms with Gasteiger partial charge in [0.05, 0.1) is 6.54 Å². The van der Waals surface area contributed by atoms with Gasteiger partial charge in [-0.25, -0.2) is 4.98 Å². The quantitative estimate of drug-likeness (QED) is 0.326. The van der Waals surface area contributed by atoms with Crippen molar-refractivity contribution in [3.8, 4) is 0 Å². The van der Waals surface area contributed by atoms with Gasteiger partial charge in [0.25, 0.3) is 0 Å². The molecule has 2 rings (SSSR count). The molecule has 1 aliphatic rings. The van der Waals surface area contributed by atoms with E-state index in [1.54, 1.807) is 11.0 Å². The molecular formula is C14H27IN6. The number of aliphatic imine (C=N–C) groups is 1. The van der Waals surface area contributed by atoms with Gasteiger partial charge in [0, 0.05) is 27.2 Å². The van der Waals surface area contributed by atoms with Crippen LogP contribution >= 0.6 is 24.0 Å². The Labute approximate surface area is 144 Å². The SMILES string of the molecule is CCNC(=NCCCC1CC1)N(C)Cc1ncnn1C.I. The Hall–Kier alpha value is -0.860. The fourth-order valence-corrected chi connectivity index (χ4v) is 2.19. The van der Waals surface area contributed by atoms with E-state index >= 15 is 0 Å². The highest BCUT2D eigenvalue weighted by atomic mass is 127. The molecule has 1 fully saturated rings. The third kappa shape index (κ3) is 6.19. The van der Waals surface area contributed by atoms with Gasteiger partial charge in [-0.15, -0.1) is 24.0 Å². The van der Waals surface area contributed by atoms with Gasteiger partial charge in [-0.1, -0.05) is 12.8 Å². The first-order valence-corrected chi connectivity index (χ1v) is 7.53. The van der Waals surface area contributed by atoms with Gasteiger partial charge >= 0.3 is 0 Å². The summed E-state index contributed by atoms with van der Waals surface area (Å²) in [5, 5.41) is 7.43. The van der Waals surface area contributed by atoms with Crippen molar-refractivity contribution in [1.82, 2.24) is 25.0 Å². The summed E-state index contributed by atoms with van der Waals surface area (Å²) < 4.78 is 1.80. The molecule has 7 heteroatoms. The minimum Gasteiger partial charge on any atom is -0.357 e. The number of halogens is 1. The Balaban J connectivity index is 0.00000220. The van der Waals surface area contributed by atoms with Crippen LogP contribution in [0.1, 0.15) is 38.4 Å². The Morgan fingerprint density at radius 1 is 1.52 bits per heavy atom. The lowest BCUT2D eigenvalue weighted by molar-refractivity contribution is 0.448. The van der Waals surface area contributed by atoms with E-state index < -0.39 is 0 Å². The van der Waals surface area contributed by atoms with E-state index in [4.69, 9.17) is 4.99 Å². The van der Waals surface area contributed by atoms with Gasteiger partial charge < -0.3 is 10.2 Å². The number of nitrogens with one attached hydrogen (secondary N) is 1. The molecule has 6 nitrogen and oxygen atoms in total. The first kappa shape index (κ1) is 18.2. The van der Waals surface area contributed by atoms with Gasteiger partial charge in [-0.3, -0.25) is 9.67 Å². The van der Waals surface area contributed by atoms with Crippen LogP contribution in [0.3, 0.4) is 0 Å². The second-order valence-corrected chi connectivity index (χ2v) is 5.48. The standard InChI is InChI=1S/C14H26N6.HI/c1-4-15-14(16-9-5-6-12-7-8-12)19(2)10-13-17-11-18-20(13)3;/h11-12H,4-10H2,1-3H3,(H,15,16);1H. The van der Waals surface area contributed by atoms with E-state index in [2.05, 4.69) is 27.2 Å². The summed E-state index contributed by atoms with van der Waals surface area (Å²) in [5.41, 5.74) is 0. The molecule has 0 saturated heterocycles. The predicted octanol–water partition coefficient (Wildman–Crippen LogP) is 2.02. The van der Waals surface area contributed by atoms with Crippen molar-refractivity contribution < 1.29 is 0 Å². The number of hydrogen-bond acceptors (Lipinski definition) is 3. The van der Waals surface area contributed by atoms with Crippen LogP contribution in [0.4, 0.5) is 0 Å². The zero-order chi connectivity index (χ0) is 14.4. The molecule has 0 radical (unpaired) electrons. The van der Waals surface area contributed by atoms with Crippen molar-refractivity contribution in [2.24, 2.45) is 18.0 Å². The van der Waals surface area contributed by atoms with Crippen LogP contribution in [0.2, 0.25) is 0 Å². The lowest BCUT2D eigenvalue weighted by Gasteiger charge is -2.21. The molecule has 1 heterocycles. The first-order valence-electron chi connectivity index (χ1n) is 7.53. The normalized spacial score (nSPS) is 14.7. The van der Waals surface area contributed by atoms with E-state index in [-0.39, 0.29) is 24.0 Å². The summed E-state index contributed by atoms with van der Waals surface area (Å²) in [6.07, 6.45) is 6.96. The van der Waals surface area contributed by atoms with Crippen molar-refractivity contribution in [3.05, 3.63) is 12.2 Å². The molecule has 1 aliphatic carbocycles. The van der Waals surface area contributed by atoms with Crippen molar-refractivity contribution in [3.63, 3.8) is 0 Å². The summed E-state index contributed by atoms with van der Waals surface area (Å²) >= 11 is 0. The van der Waals surface area contributed by atoms with Crippen LogP contribution in [0.25, 0.3) is 0 Å². The van der Waals surface area contributed by atoms with Crippen LogP contribution in [0.5, 0.6) is 0 Å². The summed E-state index contributed by atoms with van der Waals surface area (Å²) in [6, 6.07) is 0. The Bertz CT molecular complexity index is 440. The highest BCUT2D eigenvalue weighted by Crippen LogP contribution is 2.33. The summed E-state index contributed by atoms with van der Waals surface area (Å²) in [7, 11) is 3.95. The van der Waals surface area contributed by atoms with Crippen molar-refractivity contribution in [2.75, 3.05) is 20.1 Å². The van der Waals surface area contributed by atoms with E-state index in [1.165, 1.54) is 25.7 Å². The van der Waals surface area contributed by atoms with Crippen LogP contribution < -0.4 is 5.32 Å². The first-order chi connectivity index (χ1) is 9.70. The smallest absolute Gasteiger partial charge is 0.194 e. The van der Waals surface area contributed by atoms with E-state index in [1.807, 2.05) is 14.1 Å². The third-order valence-corrected chi connectivity index (χ3v) is 3.61. The minimum absolute atomic E-state index is 0. The molecule has 0 spiro atoms. The second kappa shape index (κ2) is 9.22. The predicted molar refractivity (Wildman–Crippen MR) is 95.8 cm³/mol. The fourth-order valence-electron chi connectivity index (χ4n) is 2.19. The minimum atomic E-state index is 0. The third-order valence-electron chi connectivity index (χ3n) is 3.61. The van der Waals surface area contributed by atoms with Crippen LogP contribution in [0.15, 0.2) is 11.3 Å². The number of guanidine groups is 1. The number of rotatable bonds is 7. The zero-order valence-electron chi connectivity index (χ0n) is 13.2. The molecule has 1 aromatic rings. The molecule has 0 unspecified atom stereocenters. The Kier molecular flexibility index (Phi) is 7.98. The number of aryl methyl sites for hydroxylation is 1. The summed E-state index contributed by atoms with van der Waals surface area (Å²) in [6.45, 7) is 4.59. The molecule has 1 aromatic heterocycles. The van der Waals surface area contributed by atoms with Gasteiger partial charge in [0.15, 0.2) is 5.96 Å². The number of aromatic nitrogens is 3. The lowest BCUT2D eigenvalue weighted by atomic mass is 10.2. The molecule has 0 amide bonds. The largest absolute Gasteiger partial charge is 0.357 e.